The zero-order valence-electron chi connectivity index (χ0n) is 11.1. The molecule has 0 amide bonds. The number of rotatable bonds is 6. The molecular formula is C13H20N2O3S. The molecule has 1 aromatic carbocycles. The van der Waals surface area contributed by atoms with Gasteiger partial charge in [0.1, 0.15) is 5.75 Å². The van der Waals surface area contributed by atoms with Gasteiger partial charge in [0, 0.05) is 12.6 Å². The summed E-state index contributed by atoms with van der Waals surface area (Å²) in [6, 6.07) is 6.84. The molecular weight excluding hydrogens is 264 g/mol. The van der Waals surface area contributed by atoms with Gasteiger partial charge in [0.05, 0.1) is 12.0 Å². The molecule has 2 rings (SSSR count). The van der Waals surface area contributed by atoms with Crippen LogP contribution in [-0.2, 0) is 10.0 Å². The summed E-state index contributed by atoms with van der Waals surface area (Å²) in [5.74, 6) is 0.647. The Hall–Kier alpha value is -1.11. The maximum absolute atomic E-state index is 12.0. The van der Waals surface area contributed by atoms with Gasteiger partial charge in [-0.1, -0.05) is 0 Å². The van der Waals surface area contributed by atoms with E-state index in [1.165, 1.54) is 6.42 Å². The SMILES string of the molecule is COc1ccc(S(=O)(=O)NCCC2CCCN2)cc1. The molecule has 0 bridgehead atoms. The molecule has 1 aliphatic rings. The van der Waals surface area contributed by atoms with Crippen molar-refractivity contribution in [2.45, 2.75) is 30.2 Å². The summed E-state index contributed by atoms with van der Waals surface area (Å²) in [4.78, 5) is 0.271. The molecule has 1 unspecified atom stereocenters. The highest BCUT2D eigenvalue weighted by molar-refractivity contribution is 7.89. The van der Waals surface area contributed by atoms with E-state index in [-0.39, 0.29) is 4.90 Å². The van der Waals surface area contributed by atoms with Gasteiger partial charge in [0.2, 0.25) is 10.0 Å². The van der Waals surface area contributed by atoms with Crippen molar-refractivity contribution in [3.05, 3.63) is 24.3 Å². The largest absolute Gasteiger partial charge is 0.497 e. The molecule has 5 nitrogen and oxygen atoms in total. The van der Waals surface area contributed by atoms with Crippen LogP contribution in [-0.4, -0.2) is 34.7 Å². The Bertz CT molecular complexity index is 493. The lowest BCUT2D eigenvalue weighted by Gasteiger charge is -2.11. The van der Waals surface area contributed by atoms with Gasteiger partial charge < -0.3 is 10.1 Å². The van der Waals surface area contributed by atoms with Gasteiger partial charge in [-0.15, -0.1) is 0 Å². The van der Waals surface area contributed by atoms with Crippen molar-refractivity contribution in [3.63, 3.8) is 0 Å². The lowest BCUT2D eigenvalue weighted by atomic mass is 10.2. The molecule has 6 heteroatoms. The van der Waals surface area contributed by atoms with Crippen LogP contribution in [0, 0.1) is 0 Å². The van der Waals surface area contributed by atoms with Crippen LogP contribution in [0.25, 0.3) is 0 Å². The van der Waals surface area contributed by atoms with Gasteiger partial charge in [-0.25, -0.2) is 13.1 Å². The van der Waals surface area contributed by atoms with Crippen LogP contribution in [0.15, 0.2) is 29.2 Å². The van der Waals surface area contributed by atoms with Crippen LogP contribution < -0.4 is 14.8 Å². The Morgan fingerprint density at radius 1 is 1.37 bits per heavy atom. The van der Waals surface area contributed by atoms with Gasteiger partial charge in [0.15, 0.2) is 0 Å². The number of sulfonamides is 1. The number of hydrogen-bond donors (Lipinski definition) is 2. The van der Waals surface area contributed by atoms with E-state index in [9.17, 15) is 8.42 Å². The molecule has 0 saturated carbocycles. The van der Waals surface area contributed by atoms with E-state index in [1.54, 1.807) is 31.4 Å². The predicted octanol–water partition coefficient (Wildman–Crippen LogP) is 1.12. The first-order chi connectivity index (χ1) is 9.12. The van der Waals surface area contributed by atoms with Gasteiger partial charge in [-0.2, -0.15) is 0 Å². The number of benzene rings is 1. The molecule has 1 saturated heterocycles. The van der Waals surface area contributed by atoms with Gasteiger partial charge >= 0.3 is 0 Å². The smallest absolute Gasteiger partial charge is 0.240 e. The van der Waals surface area contributed by atoms with Gasteiger partial charge in [-0.3, -0.25) is 0 Å². The summed E-state index contributed by atoms with van der Waals surface area (Å²) in [6.07, 6.45) is 3.13. The predicted molar refractivity (Wildman–Crippen MR) is 73.8 cm³/mol. The molecule has 1 aromatic rings. The molecule has 106 valence electrons. The molecule has 0 aromatic heterocycles. The monoisotopic (exact) mass is 284 g/mol. The zero-order valence-corrected chi connectivity index (χ0v) is 11.9. The van der Waals surface area contributed by atoms with E-state index in [0.29, 0.717) is 18.3 Å². The van der Waals surface area contributed by atoms with Crippen molar-refractivity contribution < 1.29 is 13.2 Å². The summed E-state index contributed by atoms with van der Waals surface area (Å²) in [5.41, 5.74) is 0. The number of nitrogens with one attached hydrogen (secondary N) is 2. The topological polar surface area (TPSA) is 67.4 Å². The quantitative estimate of drug-likeness (QED) is 0.821. The molecule has 1 fully saturated rings. The van der Waals surface area contributed by atoms with Crippen molar-refractivity contribution in [2.75, 3.05) is 20.2 Å². The highest BCUT2D eigenvalue weighted by atomic mass is 32.2. The molecule has 1 atom stereocenters. The first kappa shape index (κ1) is 14.3. The Balaban J connectivity index is 1.89. The summed E-state index contributed by atoms with van der Waals surface area (Å²) in [5, 5.41) is 3.35. The minimum Gasteiger partial charge on any atom is -0.497 e. The van der Waals surface area contributed by atoms with Crippen molar-refractivity contribution >= 4 is 10.0 Å². The molecule has 2 N–H and O–H groups in total. The minimum atomic E-state index is -3.41. The number of methoxy groups -OCH3 is 1. The van der Waals surface area contributed by atoms with Crippen LogP contribution >= 0.6 is 0 Å². The van der Waals surface area contributed by atoms with Crippen LogP contribution in [0.4, 0.5) is 0 Å². The fourth-order valence-electron chi connectivity index (χ4n) is 2.21. The van der Waals surface area contributed by atoms with Gasteiger partial charge in [0.25, 0.3) is 0 Å². The summed E-state index contributed by atoms with van der Waals surface area (Å²) >= 11 is 0. The van der Waals surface area contributed by atoms with E-state index in [2.05, 4.69) is 10.0 Å². The van der Waals surface area contributed by atoms with Crippen LogP contribution in [0.1, 0.15) is 19.3 Å². The third kappa shape index (κ3) is 3.92. The molecule has 0 spiro atoms. The lowest BCUT2D eigenvalue weighted by Crippen LogP contribution is -2.30. The van der Waals surface area contributed by atoms with E-state index >= 15 is 0 Å². The molecule has 1 aliphatic heterocycles. The van der Waals surface area contributed by atoms with E-state index in [1.807, 2.05) is 0 Å². The molecule has 19 heavy (non-hydrogen) atoms. The standard InChI is InChI=1S/C13H20N2O3S/c1-18-12-4-6-13(7-5-12)19(16,17)15-10-8-11-3-2-9-14-11/h4-7,11,14-15H,2-3,8-10H2,1H3. The summed E-state index contributed by atoms with van der Waals surface area (Å²) in [6.45, 7) is 1.50. The van der Waals surface area contributed by atoms with E-state index < -0.39 is 10.0 Å². The first-order valence-corrected chi connectivity index (χ1v) is 7.97. The summed E-state index contributed by atoms with van der Waals surface area (Å²) in [7, 11) is -1.86. The second-order valence-corrected chi connectivity index (χ2v) is 6.42. The first-order valence-electron chi connectivity index (χ1n) is 6.49. The van der Waals surface area contributed by atoms with Crippen LogP contribution in [0.2, 0.25) is 0 Å². The minimum absolute atomic E-state index is 0.271. The molecule has 1 heterocycles. The van der Waals surface area contributed by atoms with Crippen molar-refractivity contribution in [3.8, 4) is 5.75 Å². The molecule has 0 aliphatic carbocycles. The normalized spacial score (nSPS) is 19.5. The average Bonchev–Trinajstić information content (AvgIpc) is 2.92. The van der Waals surface area contributed by atoms with Crippen molar-refractivity contribution in [1.29, 1.82) is 0 Å². The fraction of sp³-hybridized carbons (Fsp3) is 0.538. The Labute approximate surface area is 114 Å². The Kier molecular flexibility index (Phi) is 4.79. The van der Waals surface area contributed by atoms with Crippen LogP contribution in [0.3, 0.4) is 0 Å². The summed E-state index contributed by atoms with van der Waals surface area (Å²) < 4.78 is 31.7. The Morgan fingerprint density at radius 2 is 2.11 bits per heavy atom. The maximum atomic E-state index is 12.0. The lowest BCUT2D eigenvalue weighted by molar-refractivity contribution is 0.414. The second-order valence-electron chi connectivity index (χ2n) is 4.66. The van der Waals surface area contributed by atoms with Crippen LogP contribution in [0.5, 0.6) is 5.75 Å². The number of hydrogen-bond acceptors (Lipinski definition) is 4. The Morgan fingerprint density at radius 3 is 2.68 bits per heavy atom. The highest BCUT2D eigenvalue weighted by Crippen LogP contribution is 2.15. The van der Waals surface area contributed by atoms with E-state index in [0.717, 1.165) is 19.4 Å². The van der Waals surface area contributed by atoms with Crippen molar-refractivity contribution in [2.24, 2.45) is 0 Å². The van der Waals surface area contributed by atoms with E-state index in [4.69, 9.17) is 4.74 Å². The van der Waals surface area contributed by atoms with Crippen molar-refractivity contribution in [1.82, 2.24) is 10.0 Å². The fourth-order valence-corrected chi connectivity index (χ4v) is 3.26. The third-order valence-corrected chi connectivity index (χ3v) is 4.79. The number of ether oxygens (including phenoxy) is 1. The molecule has 0 radical (unpaired) electrons. The maximum Gasteiger partial charge on any atom is 0.240 e. The average molecular weight is 284 g/mol. The third-order valence-electron chi connectivity index (χ3n) is 3.32. The highest BCUT2D eigenvalue weighted by Gasteiger charge is 2.17. The second kappa shape index (κ2) is 6.36. The van der Waals surface area contributed by atoms with Gasteiger partial charge in [-0.05, 0) is 50.1 Å². The zero-order chi connectivity index (χ0) is 13.7.